The molecule has 2 aromatic rings. The van der Waals surface area contributed by atoms with Gasteiger partial charge in [0, 0.05) is 42.6 Å². The number of piperidine rings is 1. The number of nitro benzene ring substituents is 1. The summed E-state index contributed by atoms with van der Waals surface area (Å²) in [5, 5.41) is 14.1. The quantitative estimate of drug-likeness (QED) is 0.601. The average molecular weight is 389 g/mol. The molecule has 144 valence electrons. The summed E-state index contributed by atoms with van der Waals surface area (Å²) < 4.78 is 23.8. The molecule has 2 aromatic carbocycles. The summed E-state index contributed by atoms with van der Waals surface area (Å²) >= 11 is 0. The van der Waals surface area contributed by atoms with Gasteiger partial charge in [-0.05, 0) is 49.2 Å². The maximum absolute atomic E-state index is 11.9. The summed E-state index contributed by atoms with van der Waals surface area (Å²) in [6.45, 7) is 3.38. The fourth-order valence-corrected chi connectivity index (χ4v) is 4.11. The van der Waals surface area contributed by atoms with Crippen molar-refractivity contribution in [3.63, 3.8) is 0 Å². The van der Waals surface area contributed by atoms with E-state index in [1.165, 1.54) is 12.1 Å². The van der Waals surface area contributed by atoms with Gasteiger partial charge in [0.15, 0.2) is 9.84 Å². The molecule has 0 bridgehead atoms. The second-order valence-electron chi connectivity index (χ2n) is 6.61. The molecule has 0 saturated carbocycles. The first-order valence-corrected chi connectivity index (χ1v) is 10.6. The molecule has 1 fully saturated rings. The van der Waals surface area contributed by atoms with Crippen LogP contribution in [0.5, 0.6) is 0 Å². The number of nitro groups is 1. The molecule has 0 atom stereocenters. The number of benzene rings is 2. The molecule has 3 rings (SSSR count). The summed E-state index contributed by atoms with van der Waals surface area (Å²) in [5.74, 6) is 0.103. The number of rotatable bonds is 6. The Bertz CT molecular complexity index is 888. The number of hydrogen-bond donors (Lipinski definition) is 1. The lowest BCUT2D eigenvalue weighted by molar-refractivity contribution is -0.384. The van der Waals surface area contributed by atoms with Crippen LogP contribution in [-0.4, -0.2) is 38.2 Å². The molecular formula is C19H23N3O4S. The highest BCUT2D eigenvalue weighted by molar-refractivity contribution is 7.91. The molecule has 1 saturated heterocycles. The lowest BCUT2D eigenvalue weighted by atomic mass is 10.0. The zero-order chi connectivity index (χ0) is 19.4. The van der Waals surface area contributed by atoms with Crippen LogP contribution in [-0.2, 0) is 9.84 Å². The van der Waals surface area contributed by atoms with E-state index in [0.717, 1.165) is 37.3 Å². The smallest absolute Gasteiger partial charge is 0.269 e. The van der Waals surface area contributed by atoms with Crippen molar-refractivity contribution in [3.05, 3.63) is 58.6 Å². The summed E-state index contributed by atoms with van der Waals surface area (Å²) in [6.07, 6.45) is 1.87. The van der Waals surface area contributed by atoms with E-state index in [2.05, 4.69) is 10.2 Å². The first kappa shape index (κ1) is 19.2. The van der Waals surface area contributed by atoms with E-state index in [-0.39, 0.29) is 11.4 Å². The van der Waals surface area contributed by atoms with Gasteiger partial charge in [0.2, 0.25) is 0 Å². The van der Waals surface area contributed by atoms with Crippen LogP contribution in [0.3, 0.4) is 0 Å². The van der Waals surface area contributed by atoms with E-state index in [1.807, 2.05) is 12.1 Å². The molecule has 1 heterocycles. The van der Waals surface area contributed by atoms with Gasteiger partial charge in [-0.1, -0.05) is 6.92 Å². The van der Waals surface area contributed by atoms with Crippen LogP contribution in [0.1, 0.15) is 19.8 Å². The van der Waals surface area contributed by atoms with Gasteiger partial charge in [-0.15, -0.1) is 0 Å². The van der Waals surface area contributed by atoms with Crippen LogP contribution in [0, 0.1) is 10.1 Å². The van der Waals surface area contributed by atoms with E-state index in [9.17, 15) is 18.5 Å². The van der Waals surface area contributed by atoms with E-state index in [1.54, 1.807) is 31.2 Å². The minimum atomic E-state index is -3.17. The number of sulfone groups is 1. The van der Waals surface area contributed by atoms with Crippen molar-refractivity contribution < 1.29 is 13.3 Å². The van der Waals surface area contributed by atoms with Crippen molar-refractivity contribution in [1.82, 2.24) is 0 Å². The van der Waals surface area contributed by atoms with Gasteiger partial charge in [0.25, 0.3) is 5.69 Å². The monoisotopic (exact) mass is 389 g/mol. The maximum Gasteiger partial charge on any atom is 0.269 e. The van der Waals surface area contributed by atoms with Gasteiger partial charge in [-0.3, -0.25) is 10.1 Å². The Hall–Kier alpha value is -2.61. The van der Waals surface area contributed by atoms with Crippen LogP contribution >= 0.6 is 0 Å². The predicted molar refractivity (Wildman–Crippen MR) is 106 cm³/mol. The Kier molecular flexibility index (Phi) is 5.65. The molecule has 1 aliphatic heterocycles. The Morgan fingerprint density at radius 3 is 2.19 bits per heavy atom. The van der Waals surface area contributed by atoms with E-state index in [4.69, 9.17) is 0 Å². The summed E-state index contributed by atoms with van der Waals surface area (Å²) in [6, 6.07) is 13.9. The third-order valence-corrected chi connectivity index (χ3v) is 6.64. The molecule has 7 nitrogen and oxygen atoms in total. The van der Waals surface area contributed by atoms with Gasteiger partial charge in [0.1, 0.15) is 0 Å². The second kappa shape index (κ2) is 7.96. The van der Waals surface area contributed by atoms with Gasteiger partial charge in [-0.25, -0.2) is 8.42 Å². The minimum absolute atomic E-state index is 0.0869. The van der Waals surface area contributed by atoms with Crippen LogP contribution in [0.25, 0.3) is 0 Å². The van der Waals surface area contributed by atoms with Crippen LogP contribution < -0.4 is 10.2 Å². The largest absolute Gasteiger partial charge is 0.382 e. The molecular weight excluding hydrogens is 366 g/mol. The molecule has 0 radical (unpaired) electrons. The van der Waals surface area contributed by atoms with Crippen molar-refractivity contribution in [2.75, 3.05) is 29.1 Å². The standard InChI is InChI=1S/C19H23N3O4S/c1-2-27(25,26)19-9-7-17(8-10-19)21-13-11-16(12-14-21)20-15-3-5-18(6-4-15)22(23)24/h3-10,16,20H,2,11-14H2,1H3. The van der Waals surface area contributed by atoms with Crippen molar-refractivity contribution >= 4 is 26.9 Å². The second-order valence-corrected chi connectivity index (χ2v) is 8.89. The fraction of sp³-hybridized carbons (Fsp3) is 0.368. The number of non-ortho nitro benzene ring substituents is 1. The Morgan fingerprint density at radius 1 is 1.07 bits per heavy atom. The van der Waals surface area contributed by atoms with E-state index >= 15 is 0 Å². The normalized spacial score (nSPS) is 15.5. The molecule has 0 amide bonds. The highest BCUT2D eigenvalue weighted by Gasteiger charge is 2.20. The van der Waals surface area contributed by atoms with Crippen molar-refractivity contribution in [2.45, 2.75) is 30.7 Å². The predicted octanol–water partition coefficient (Wildman–Crippen LogP) is 3.47. The molecule has 0 aliphatic carbocycles. The number of nitrogens with one attached hydrogen (secondary N) is 1. The molecule has 0 aromatic heterocycles. The molecule has 1 aliphatic rings. The Balaban J connectivity index is 1.56. The van der Waals surface area contributed by atoms with Crippen molar-refractivity contribution in [3.8, 4) is 0 Å². The van der Waals surface area contributed by atoms with Gasteiger partial charge in [0.05, 0.1) is 15.6 Å². The van der Waals surface area contributed by atoms with Crippen molar-refractivity contribution in [2.24, 2.45) is 0 Å². The third kappa shape index (κ3) is 4.57. The highest BCUT2D eigenvalue weighted by Crippen LogP contribution is 2.24. The third-order valence-electron chi connectivity index (χ3n) is 4.88. The van der Waals surface area contributed by atoms with Crippen molar-refractivity contribution in [1.29, 1.82) is 0 Å². The summed E-state index contributed by atoms with van der Waals surface area (Å²) in [4.78, 5) is 12.9. The van der Waals surface area contributed by atoms with Gasteiger partial charge in [-0.2, -0.15) is 0 Å². The highest BCUT2D eigenvalue weighted by atomic mass is 32.2. The molecule has 0 spiro atoms. The Morgan fingerprint density at radius 2 is 1.67 bits per heavy atom. The Labute approximate surface area is 159 Å². The number of anilines is 2. The molecule has 8 heteroatoms. The minimum Gasteiger partial charge on any atom is -0.382 e. The zero-order valence-electron chi connectivity index (χ0n) is 15.2. The number of nitrogens with zero attached hydrogens (tertiary/aromatic N) is 2. The van der Waals surface area contributed by atoms with Gasteiger partial charge < -0.3 is 10.2 Å². The summed E-state index contributed by atoms with van der Waals surface area (Å²) in [5.41, 5.74) is 2.00. The maximum atomic E-state index is 11.9. The zero-order valence-corrected chi connectivity index (χ0v) is 16.0. The molecule has 1 N–H and O–H groups in total. The average Bonchev–Trinajstić information content (AvgIpc) is 2.69. The van der Waals surface area contributed by atoms with E-state index in [0.29, 0.717) is 10.9 Å². The van der Waals surface area contributed by atoms with E-state index < -0.39 is 14.8 Å². The molecule has 0 unspecified atom stereocenters. The summed E-state index contributed by atoms with van der Waals surface area (Å²) in [7, 11) is -3.17. The topological polar surface area (TPSA) is 92.6 Å². The first-order valence-electron chi connectivity index (χ1n) is 8.98. The number of hydrogen-bond acceptors (Lipinski definition) is 6. The van der Waals surface area contributed by atoms with Crippen LogP contribution in [0.15, 0.2) is 53.4 Å². The van der Waals surface area contributed by atoms with Crippen LogP contribution in [0.2, 0.25) is 0 Å². The molecule has 27 heavy (non-hydrogen) atoms. The SMILES string of the molecule is CCS(=O)(=O)c1ccc(N2CCC(Nc3ccc([N+](=O)[O-])cc3)CC2)cc1. The first-order chi connectivity index (χ1) is 12.9. The lowest BCUT2D eigenvalue weighted by Crippen LogP contribution is -2.39. The van der Waals surface area contributed by atoms with Gasteiger partial charge >= 0.3 is 0 Å². The van der Waals surface area contributed by atoms with Crippen LogP contribution in [0.4, 0.5) is 17.1 Å². The fourth-order valence-electron chi connectivity index (χ4n) is 3.23. The lowest BCUT2D eigenvalue weighted by Gasteiger charge is -2.34.